The second-order valence-corrected chi connectivity index (χ2v) is 48.2. The maximum absolute atomic E-state index is 14.6. The van der Waals surface area contributed by atoms with Crippen LogP contribution in [0.4, 0.5) is 0 Å². The lowest BCUT2D eigenvalue weighted by Crippen LogP contribution is -2.60. The van der Waals surface area contributed by atoms with Crippen molar-refractivity contribution in [1.29, 1.82) is 0 Å². The van der Waals surface area contributed by atoms with E-state index < -0.39 is 153 Å². The number of rotatable bonds is 43. The van der Waals surface area contributed by atoms with Crippen LogP contribution in [0, 0.1) is 104 Å². The molecule has 7 N–H and O–H groups in total. The third kappa shape index (κ3) is 31.1. The number of hydrogen-bond donors (Lipinski definition) is 7. The number of nitrogens with one attached hydrogen (secondary N) is 7. The molecular weight excluding hydrogens is 1920 g/mol. The summed E-state index contributed by atoms with van der Waals surface area (Å²) in [5.41, 5.74) is -1.76. The first-order valence-corrected chi connectivity index (χ1v) is 56.3. The normalized spacial score (nSPS) is 24.1. The minimum absolute atomic E-state index is 0.000808. The lowest BCUT2D eigenvalue weighted by molar-refractivity contribution is -0.606. The minimum atomic E-state index is -1.01. The molecular formula is C113H164N16O21. The van der Waals surface area contributed by atoms with Crippen LogP contribution in [0.5, 0.6) is 0 Å². The number of hydrogen-bond acceptors (Lipinski definition) is 26. The molecule has 3 aliphatic heterocycles. The van der Waals surface area contributed by atoms with Gasteiger partial charge in [-0.1, -0.05) is 179 Å². The fourth-order valence-electron chi connectivity index (χ4n) is 24.7. The number of Topliss-reactive ketones (excluding diaryl/α,β-unsaturated/α-hetero) is 5. The van der Waals surface area contributed by atoms with Crippen molar-refractivity contribution in [3.63, 3.8) is 0 Å². The highest BCUT2D eigenvalue weighted by atomic mass is 16.6. The van der Waals surface area contributed by atoms with Gasteiger partial charge >= 0.3 is 17.9 Å². The highest BCUT2D eigenvalue weighted by Gasteiger charge is 2.58. The molecule has 3 saturated heterocycles. The number of amides is 10. The lowest BCUT2D eigenvalue weighted by Gasteiger charge is -2.38. The zero-order valence-corrected chi connectivity index (χ0v) is 90.3. The van der Waals surface area contributed by atoms with Crippen molar-refractivity contribution >= 4 is 106 Å². The van der Waals surface area contributed by atoms with Crippen molar-refractivity contribution in [3.8, 4) is 0 Å². The third-order valence-electron chi connectivity index (χ3n) is 33.5. The Morgan fingerprint density at radius 3 is 1.13 bits per heavy atom. The Balaban J connectivity index is 0.000000187. The molecule has 0 unspecified atom stereocenters. The van der Waals surface area contributed by atoms with Gasteiger partial charge < -0.3 is 66.6 Å². The highest BCUT2D eigenvalue weighted by molar-refractivity contribution is 6.38. The van der Waals surface area contributed by atoms with Crippen molar-refractivity contribution in [1.82, 2.24) is 76.8 Å². The molecule has 9 aliphatic carbocycles. The summed E-state index contributed by atoms with van der Waals surface area (Å²) in [6.07, 6.45) is 41.2. The molecule has 9 saturated carbocycles. The molecule has 0 spiro atoms. The number of carbonyl (C=O) groups is 18. The van der Waals surface area contributed by atoms with Crippen molar-refractivity contribution in [3.05, 3.63) is 78.1 Å². The summed E-state index contributed by atoms with van der Waals surface area (Å²) in [6, 6.07) is -7.37. The van der Waals surface area contributed by atoms with E-state index >= 15 is 0 Å². The molecule has 10 amide bonds. The van der Waals surface area contributed by atoms with Crippen molar-refractivity contribution in [2.45, 2.75) is 407 Å². The maximum Gasteiger partial charge on any atom is 0.376 e. The van der Waals surface area contributed by atoms with Gasteiger partial charge in [-0.3, -0.25) is 86.7 Å². The molecule has 0 aromatic carbocycles. The summed E-state index contributed by atoms with van der Waals surface area (Å²) < 4.78 is 11.2. The van der Waals surface area contributed by atoms with E-state index in [1.165, 1.54) is 49.6 Å². The molecule has 0 bridgehead atoms. The fourth-order valence-corrected chi connectivity index (χ4v) is 24.7. The second-order valence-electron chi connectivity index (χ2n) is 48.2. The van der Waals surface area contributed by atoms with Gasteiger partial charge in [0.25, 0.3) is 5.91 Å². The van der Waals surface area contributed by atoms with E-state index in [0.29, 0.717) is 62.9 Å². The minimum Gasteiger partial charge on any atom is -0.619 e. The number of likely N-dealkylation sites (tertiary alicyclic amines) is 3. The van der Waals surface area contributed by atoms with Crippen LogP contribution in [0.2, 0.25) is 0 Å². The van der Waals surface area contributed by atoms with Gasteiger partial charge in [-0.2, -0.15) is 4.73 Å². The Labute approximate surface area is 882 Å². The molecule has 18 atom stereocenters. The largest absolute Gasteiger partial charge is 0.619 e. The van der Waals surface area contributed by atoms with E-state index in [1.54, 1.807) is 14.7 Å². The predicted octanol–water partition coefficient (Wildman–Crippen LogP) is 11.9. The predicted molar refractivity (Wildman–Crippen MR) is 551 cm³/mol. The molecule has 3 aromatic rings. The first-order chi connectivity index (χ1) is 71.5. The van der Waals surface area contributed by atoms with Gasteiger partial charge in [0.15, 0.2) is 35.5 Å². The number of aromatic nitrogens is 6. The molecule has 0 radical (unpaired) electrons. The third-order valence-corrected chi connectivity index (χ3v) is 33.5. The molecule has 150 heavy (non-hydrogen) atoms. The van der Waals surface area contributed by atoms with Gasteiger partial charge in [0.05, 0.1) is 24.6 Å². The Bertz CT molecular complexity index is 5260. The summed E-state index contributed by atoms with van der Waals surface area (Å²) in [6.45, 7) is 23.7. The van der Waals surface area contributed by atoms with Gasteiger partial charge in [0.1, 0.15) is 53.7 Å². The monoisotopic (exact) mass is 2080 g/mol. The van der Waals surface area contributed by atoms with Crippen LogP contribution < -0.4 is 41.9 Å². The summed E-state index contributed by atoms with van der Waals surface area (Å²) in [5, 5.41) is 32.3. The second kappa shape index (κ2) is 52.8. The zero-order chi connectivity index (χ0) is 108. The van der Waals surface area contributed by atoms with Gasteiger partial charge in [-0.05, 0) is 210 Å². The SMILES string of the molecule is CCC[C@H](NC(=O)[C@@H]1[C@H]2CCC[C@H]2CN1C(=O)[C@@H](NC(=O)[C@@H](CC(=O)c1c[n+]([O-])ccn1)C1CCCCC1)C(C)(C)C)C(=O)C(=O)NC1CC1.CCC[C@H](NC(=O)[C@@H]1[C@H]2CCC[C@H]2CN1C(=O)[C@@H](NC(=O)[C@@H](CC(=O)c1cnccn1)C1CCCCC1)C(C)(C)C)C(=O)OC(=O)CC1CC1.CCC[C@H](NC(=O)[C@@H]1[C@H]2CCC[C@H]2CN1C(=O)[C@@H](NC(=O)[C@@H](CC(=O)c1cnccn1)C1CCCCC1)C(C)(C)C)OC(=O)C(=O)CC1CC1. The number of esters is 3. The molecule has 37 heteroatoms. The number of ether oxygens (including phenoxy) is 2. The molecule has 15 rings (SSSR count). The van der Waals surface area contributed by atoms with Crippen molar-refractivity contribution in [2.24, 2.45) is 99.1 Å². The number of fused-ring (bicyclic) bond motifs is 3. The van der Waals surface area contributed by atoms with Gasteiger partial charge in [-0.15, -0.1) is 0 Å². The Morgan fingerprint density at radius 2 is 0.773 bits per heavy atom. The smallest absolute Gasteiger partial charge is 0.376 e. The molecule has 12 aliphatic rings. The van der Waals surface area contributed by atoms with Crippen LogP contribution in [0.25, 0.3) is 0 Å². The molecule has 3 aromatic heterocycles. The number of carbonyl (C=O) groups excluding carboxylic acids is 18. The Hall–Kier alpha value is -11.3. The van der Waals surface area contributed by atoms with E-state index in [4.69, 9.17) is 9.47 Å². The molecule has 12 fully saturated rings. The highest BCUT2D eigenvalue weighted by Crippen LogP contribution is 2.49. The van der Waals surface area contributed by atoms with Crippen LogP contribution >= 0.6 is 0 Å². The van der Waals surface area contributed by atoms with Gasteiger partial charge in [0.2, 0.25) is 70.9 Å². The molecule has 6 heterocycles. The van der Waals surface area contributed by atoms with Crippen LogP contribution in [0.1, 0.15) is 378 Å². The van der Waals surface area contributed by atoms with Crippen LogP contribution in [0.3, 0.4) is 0 Å². The summed E-state index contributed by atoms with van der Waals surface area (Å²) in [5.74, 6) is -10.0. The average Bonchev–Trinajstić information content (AvgIpc) is 1.61. The standard InChI is InChI=1S/2C38H55N5O7.C37H54N6O7/c1-5-10-31(50-37(49)30(45)19-23-15-16-23)41-35(47)32-26-14-9-13-25(26)22-43(32)36(48)33(38(2,3)4)42-34(46)27(24-11-7-6-8-12-24)20-29(44)28-21-39-17-18-40-28;1-5-10-28(37(49)50-31(45)19-23-15-16-23)41-35(47)32-26-14-9-13-25(26)22-43(32)36(48)33(38(2,3)4)42-34(46)27(24-11-7-6-8-12-24)20-30(44)29-21-39-17-18-40-29;1-5-10-27(31(45)35(48)39-24-15-16-24)40-34(47)30-25-14-9-13-23(25)20-43(30)36(49)32(37(2,3)4)41-33(46)26(22-11-7-6-8-12-22)19-29(44)28-21-42(50)18-17-38-28/h17-18,21,23-27,31-33H,5-16,19-20,22H2,1-4H3,(H,41,47)(H,42,46);17-18,21,23-28,32-33H,5-16,19-20,22H2,1-4H3,(H,41,47)(H,42,46);17-18,21-27,30,32H,5-16,19-20H2,1-4H3,(H,39,48)(H,40,47)(H,41,46)/t25-,26-,27-,31+,32-,33+;25-,26-,27-,28-,32-,33+;23-,25-,26-,27-,30-,32+/m000/s1. The number of ketones is 5. The first kappa shape index (κ1) is 116. The van der Waals surface area contributed by atoms with Crippen molar-refractivity contribution in [2.75, 3.05) is 19.6 Å². The average molecular weight is 2080 g/mol. The van der Waals surface area contributed by atoms with Crippen molar-refractivity contribution < 1.29 is 101 Å². The molecule has 822 valence electrons. The Kier molecular flexibility index (Phi) is 40.8. The maximum atomic E-state index is 14.6. The first-order valence-electron chi connectivity index (χ1n) is 56.3. The van der Waals surface area contributed by atoms with E-state index in [2.05, 4.69) is 62.1 Å². The zero-order valence-electron chi connectivity index (χ0n) is 90.3. The van der Waals surface area contributed by atoms with E-state index in [-0.39, 0.29) is 161 Å². The van der Waals surface area contributed by atoms with Crippen LogP contribution in [0.15, 0.2) is 55.8 Å². The summed E-state index contributed by atoms with van der Waals surface area (Å²) in [4.78, 5) is 270. The summed E-state index contributed by atoms with van der Waals surface area (Å²) in [7, 11) is 0. The quantitative estimate of drug-likeness (QED) is 0.00526. The van der Waals surface area contributed by atoms with Crippen LogP contribution in [-0.2, 0) is 81.4 Å². The lowest BCUT2D eigenvalue weighted by atomic mass is 9.76. The van der Waals surface area contributed by atoms with E-state index in [0.717, 1.165) is 199 Å². The van der Waals surface area contributed by atoms with Crippen LogP contribution in [-0.4, -0.2) is 226 Å². The fraction of sp³-hybridized carbons (Fsp3) is 0.735. The Morgan fingerprint density at radius 1 is 0.407 bits per heavy atom. The van der Waals surface area contributed by atoms with Gasteiger partial charge in [-0.25, -0.2) is 24.5 Å². The van der Waals surface area contributed by atoms with E-state index in [1.807, 2.05) is 83.1 Å². The van der Waals surface area contributed by atoms with E-state index in [9.17, 15) is 91.5 Å². The molecule has 37 nitrogen and oxygen atoms in total. The number of nitrogens with zero attached hydrogens (tertiary/aromatic N) is 9. The topological polar surface area (TPSA) is 511 Å². The van der Waals surface area contributed by atoms with Gasteiger partial charge in [0, 0.05) is 107 Å². The summed E-state index contributed by atoms with van der Waals surface area (Å²) >= 11 is 0.